The lowest BCUT2D eigenvalue weighted by molar-refractivity contribution is 0.107. The third-order valence-electron chi connectivity index (χ3n) is 4.40. The van der Waals surface area contributed by atoms with Gasteiger partial charge in [-0.25, -0.2) is 4.98 Å². The maximum Gasteiger partial charge on any atom is 0.121 e. The zero-order valence-corrected chi connectivity index (χ0v) is 12.9. The summed E-state index contributed by atoms with van der Waals surface area (Å²) >= 11 is 0. The predicted octanol–water partition coefficient (Wildman–Crippen LogP) is 1.29. The Morgan fingerprint density at radius 3 is 2.48 bits per heavy atom. The molecule has 0 amide bonds. The monoisotopic (exact) mass is 288 g/mol. The highest BCUT2D eigenvalue weighted by Gasteiger charge is 2.17. The second kappa shape index (κ2) is 6.13. The van der Waals surface area contributed by atoms with E-state index in [-0.39, 0.29) is 6.61 Å². The Hall–Kier alpha value is -1.43. The summed E-state index contributed by atoms with van der Waals surface area (Å²) in [5, 5.41) is 8.97. The number of β-amino-alcohol motifs (C(OH)–C–C–N with tert-alkyl or cyclic N) is 1. The van der Waals surface area contributed by atoms with Gasteiger partial charge < -0.3 is 10.1 Å². The van der Waals surface area contributed by atoms with E-state index >= 15 is 0 Å². The Balaban J connectivity index is 1.66. The summed E-state index contributed by atoms with van der Waals surface area (Å²) < 4.78 is 0. The number of aliphatic hydroxyl groups excluding tert-OH is 1. The highest BCUT2D eigenvalue weighted by molar-refractivity contribution is 5.77. The zero-order valence-electron chi connectivity index (χ0n) is 12.9. The van der Waals surface area contributed by atoms with Gasteiger partial charge in [-0.2, -0.15) is 0 Å². The van der Waals surface area contributed by atoms with Crippen LogP contribution in [-0.2, 0) is 6.54 Å². The van der Waals surface area contributed by atoms with Crippen LogP contribution in [0.1, 0.15) is 17.0 Å². The van der Waals surface area contributed by atoms with E-state index in [4.69, 9.17) is 10.1 Å². The first-order valence-corrected chi connectivity index (χ1v) is 7.67. The van der Waals surface area contributed by atoms with Crippen molar-refractivity contribution in [3.05, 3.63) is 29.1 Å². The summed E-state index contributed by atoms with van der Waals surface area (Å²) in [6, 6.07) is 4.34. The Bertz CT molecular complexity index is 575. The molecule has 0 aliphatic carbocycles. The number of hydrogen-bond acceptors (Lipinski definition) is 4. The number of H-pyrrole nitrogens is 1. The highest BCUT2D eigenvalue weighted by atomic mass is 16.3. The first-order chi connectivity index (χ1) is 10.2. The number of nitrogens with one attached hydrogen (secondary N) is 1. The van der Waals surface area contributed by atoms with Crippen LogP contribution in [0, 0.1) is 13.8 Å². The fourth-order valence-corrected chi connectivity index (χ4v) is 2.92. The fraction of sp³-hybridized carbons (Fsp3) is 0.562. The minimum atomic E-state index is 0.252. The van der Waals surface area contributed by atoms with E-state index in [2.05, 4.69) is 40.8 Å². The van der Waals surface area contributed by atoms with Gasteiger partial charge in [0, 0.05) is 32.7 Å². The first-order valence-electron chi connectivity index (χ1n) is 7.67. The van der Waals surface area contributed by atoms with E-state index in [1.54, 1.807) is 0 Å². The van der Waals surface area contributed by atoms with E-state index in [0.29, 0.717) is 0 Å². The van der Waals surface area contributed by atoms with E-state index in [1.165, 1.54) is 11.1 Å². The van der Waals surface area contributed by atoms with Gasteiger partial charge in [0.2, 0.25) is 0 Å². The molecule has 0 unspecified atom stereocenters. The van der Waals surface area contributed by atoms with Crippen LogP contribution in [0.2, 0.25) is 0 Å². The number of imidazole rings is 1. The number of rotatable bonds is 4. The molecule has 1 aromatic heterocycles. The minimum absolute atomic E-state index is 0.252. The molecule has 3 rings (SSSR count). The molecule has 0 spiro atoms. The molecule has 2 heterocycles. The molecule has 0 saturated carbocycles. The fourth-order valence-electron chi connectivity index (χ4n) is 2.92. The van der Waals surface area contributed by atoms with Crippen LogP contribution >= 0.6 is 0 Å². The summed E-state index contributed by atoms with van der Waals surface area (Å²) in [4.78, 5) is 12.9. The molecule has 0 bridgehead atoms. The second-order valence-corrected chi connectivity index (χ2v) is 5.98. The molecule has 1 aliphatic rings. The van der Waals surface area contributed by atoms with E-state index in [0.717, 1.165) is 56.1 Å². The molecule has 114 valence electrons. The number of aryl methyl sites for hydroxylation is 2. The third-order valence-corrected chi connectivity index (χ3v) is 4.40. The number of hydrogen-bond donors (Lipinski definition) is 2. The molecule has 21 heavy (non-hydrogen) atoms. The number of piperazine rings is 1. The molecule has 2 aromatic rings. The zero-order chi connectivity index (χ0) is 14.8. The Morgan fingerprint density at radius 2 is 1.76 bits per heavy atom. The van der Waals surface area contributed by atoms with Crippen molar-refractivity contribution in [1.82, 2.24) is 19.8 Å². The van der Waals surface area contributed by atoms with Gasteiger partial charge in [-0.1, -0.05) is 0 Å². The maximum atomic E-state index is 8.97. The first kappa shape index (κ1) is 14.5. The second-order valence-electron chi connectivity index (χ2n) is 5.98. The van der Waals surface area contributed by atoms with Gasteiger partial charge in [-0.3, -0.25) is 9.80 Å². The normalized spacial score (nSPS) is 17.7. The Morgan fingerprint density at radius 1 is 1.10 bits per heavy atom. The number of aliphatic hydroxyl groups is 1. The van der Waals surface area contributed by atoms with Gasteiger partial charge >= 0.3 is 0 Å². The number of fused-ring (bicyclic) bond motifs is 1. The smallest absolute Gasteiger partial charge is 0.121 e. The van der Waals surface area contributed by atoms with Crippen molar-refractivity contribution in [3.8, 4) is 0 Å². The SMILES string of the molecule is Cc1cc2nc(CN3CCN(CCO)CC3)[nH]c2cc1C. The topological polar surface area (TPSA) is 55.4 Å². The molecule has 1 saturated heterocycles. The molecule has 5 heteroatoms. The number of aromatic amines is 1. The Kier molecular flexibility index (Phi) is 4.24. The summed E-state index contributed by atoms with van der Waals surface area (Å²) in [5.74, 6) is 1.05. The third kappa shape index (κ3) is 3.26. The number of nitrogens with zero attached hydrogens (tertiary/aromatic N) is 3. The maximum absolute atomic E-state index is 8.97. The van der Waals surface area contributed by atoms with Gasteiger partial charge in [0.1, 0.15) is 5.82 Å². The van der Waals surface area contributed by atoms with Gasteiger partial charge in [0.05, 0.1) is 24.2 Å². The largest absolute Gasteiger partial charge is 0.395 e. The van der Waals surface area contributed by atoms with Crippen LogP contribution in [0.5, 0.6) is 0 Å². The standard InChI is InChI=1S/C16H24N4O/c1-12-9-14-15(10-13(12)2)18-16(17-14)11-20-5-3-19(4-6-20)7-8-21/h9-10,21H,3-8,11H2,1-2H3,(H,17,18). The molecule has 5 nitrogen and oxygen atoms in total. The van der Waals surface area contributed by atoms with Crippen LogP contribution in [0.15, 0.2) is 12.1 Å². The van der Waals surface area contributed by atoms with Crippen molar-refractivity contribution in [1.29, 1.82) is 0 Å². The molecule has 1 aromatic carbocycles. The summed E-state index contributed by atoms with van der Waals surface area (Å²) in [6.07, 6.45) is 0. The quantitative estimate of drug-likeness (QED) is 0.890. The van der Waals surface area contributed by atoms with Crippen molar-refractivity contribution in [2.75, 3.05) is 39.3 Å². The van der Waals surface area contributed by atoms with Gasteiger partial charge in [0.25, 0.3) is 0 Å². The molecule has 0 atom stereocenters. The van der Waals surface area contributed by atoms with Crippen molar-refractivity contribution in [3.63, 3.8) is 0 Å². The molecule has 0 radical (unpaired) electrons. The number of benzene rings is 1. The summed E-state index contributed by atoms with van der Waals surface area (Å²) in [5.41, 5.74) is 4.78. The van der Waals surface area contributed by atoms with Crippen LogP contribution < -0.4 is 0 Å². The highest BCUT2D eigenvalue weighted by Crippen LogP contribution is 2.18. The Labute approximate surface area is 125 Å². The molecular weight excluding hydrogens is 264 g/mol. The molecule has 1 aliphatic heterocycles. The van der Waals surface area contributed by atoms with E-state index in [1.807, 2.05) is 0 Å². The lowest BCUT2D eigenvalue weighted by atomic mass is 10.1. The van der Waals surface area contributed by atoms with Crippen LogP contribution in [0.3, 0.4) is 0 Å². The minimum Gasteiger partial charge on any atom is -0.395 e. The lowest BCUT2D eigenvalue weighted by Gasteiger charge is -2.33. The van der Waals surface area contributed by atoms with Crippen LogP contribution in [0.25, 0.3) is 11.0 Å². The predicted molar refractivity (Wildman–Crippen MR) is 84.4 cm³/mol. The van der Waals surface area contributed by atoms with Crippen LogP contribution in [0.4, 0.5) is 0 Å². The molecule has 1 fully saturated rings. The van der Waals surface area contributed by atoms with Crippen molar-refractivity contribution in [2.45, 2.75) is 20.4 Å². The van der Waals surface area contributed by atoms with Crippen molar-refractivity contribution < 1.29 is 5.11 Å². The van der Waals surface area contributed by atoms with Crippen molar-refractivity contribution in [2.24, 2.45) is 0 Å². The van der Waals surface area contributed by atoms with Gasteiger partial charge in [0.15, 0.2) is 0 Å². The summed E-state index contributed by atoms with van der Waals surface area (Å²) in [6.45, 7) is 10.3. The van der Waals surface area contributed by atoms with Crippen molar-refractivity contribution >= 4 is 11.0 Å². The van der Waals surface area contributed by atoms with Crippen LogP contribution in [-0.4, -0.2) is 64.2 Å². The lowest BCUT2D eigenvalue weighted by Crippen LogP contribution is -2.46. The molecular formula is C16H24N4O. The van der Waals surface area contributed by atoms with Gasteiger partial charge in [-0.05, 0) is 37.1 Å². The number of aromatic nitrogens is 2. The van der Waals surface area contributed by atoms with E-state index in [9.17, 15) is 0 Å². The summed E-state index contributed by atoms with van der Waals surface area (Å²) in [7, 11) is 0. The van der Waals surface area contributed by atoms with Gasteiger partial charge in [-0.15, -0.1) is 0 Å². The molecule has 2 N–H and O–H groups in total. The average Bonchev–Trinajstić information content (AvgIpc) is 2.83. The van der Waals surface area contributed by atoms with E-state index < -0.39 is 0 Å². The average molecular weight is 288 g/mol.